The molecule has 4 N–H and O–H groups in total. The summed E-state index contributed by atoms with van der Waals surface area (Å²) in [6, 6.07) is 0. The monoisotopic (exact) mass is 2020 g/mol. The van der Waals surface area contributed by atoms with E-state index in [4.69, 9.17) is 61.9 Å². The maximum atomic E-state index is 11.8. The number of aliphatic hydroxyl groups excluding tert-OH is 4. The molecule has 0 heterocycles. The van der Waals surface area contributed by atoms with Gasteiger partial charge in [0.15, 0.2) is 0 Å². The third kappa shape index (κ3) is 23.6. The minimum atomic E-state index is -0.313. The molecule has 28 nitrogen and oxygen atoms in total. The quantitative estimate of drug-likeness (QED) is 0.0338. The van der Waals surface area contributed by atoms with E-state index in [1.54, 1.807) is 55.4 Å². The van der Waals surface area contributed by atoms with Crippen LogP contribution >= 0.6 is 0 Å². The van der Waals surface area contributed by atoms with Gasteiger partial charge >= 0.3 is 71.6 Å². The number of fused-ring (bicyclic) bond motifs is 39. The summed E-state index contributed by atoms with van der Waals surface area (Å²) in [5.74, 6) is 15.2. The molecule has 800 valence electrons. The van der Waals surface area contributed by atoms with Gasteiger partial charge in [-0.1, -0.05) is 52.6 Å². The van der Waals surface area contributed by atoms with Gasteiger partial charge in [0.1, 0.15) is 67.1 Å². The largest absolute Gasteiger partial charge is 0.466 e. The van der Waals surface area contributed by atoms with Gasteiger partial charge in [0.05, 0.1) is 24.9 Å². The first-order chi connectivity index (χ1) is 68.6. The van der Waals surface area contributed by atoms with E-state index in [1.807, 2.05) is 0 Å². The second-order valence-electron chi connectivity index (χ2n) is 49.3. The summed E-state index contributed by atoms with van der Waals surface area (Å²) in [4.78, 5) is 137. The van der Waals surface area contributed by atoms with Crippen LogP contribution in [0.3, 0.4) is 0 Å². The molecule has 23 rings (SSSR count). The van der Waals surface area contributed by atoms with E-state index in [9.17, 15) is 72.9 Å². The maximum Gasteiger partial charge on any atom is 0.333 e. The van der Waals surface area contributed by atoms with Gasteiger partial charge in [-0.15, -0.1) is 0 Å². The summed E-state index contributed by atoms with van der Waals surface area (Å²) in [5.41, 5.74) is 3.78. The highest BCUT2D eigenvalue weighted by molar-refractivity contribution is 5.90. The van der Waals surface area contributed by atoms with Crippen molar-refractivity contribution in [1.29, 1.82) is 0 Å². The fraction of sp³-hybridized carbons (Fsp3) is 0.761. The average molecular weight is 2020 g/mol. The normalized spacial score (nSPS) is 43.0. The van der Waals surface area contributed by atoms with Crippen LogP contribution < -0.4 is 0 Å². The molecule has 0 spiro atoms. The second kappa shape index (κ2) is 45.3. The lowest BCUT2D eigenvalue weighted by Gasteiger charge is -2.40. The molecule has 23 aliphatic rings. The Bertz CT molecular complexity index is 4980. The number of carbonyl (C=O) groups excluding carboxylic acids is 12. The van der Waals surface area contributed by atoms with Crippen LogP contribution in [0.4, 0.5) is 0 Å². The van der Waals surface area contributed by atoms with Gasteiger partial charge in [-0.2, -0.15) is 0 Å². The Kier molecular flexibility index (Phi) is 34.1. The standard InChI is InChI=1S/C18H24O4.C16H22O4.C16H22O3.C14H20O4.2C14H20O3.C13H18O4.C12H18O3/c1-8(2)18(20)22-15-7-11-5-13(15)17-10-4-12(16(11)17)14(6-10)21-9(3)19;1-8(2)16(18)20-15-5-10-4-14(15)13-7-11(6-12(10)13)19-9(3)17;1-7(2)16(18)19-13-6-9-4-11(13)15-8-3-10(14(9)15)12(17)5-8;1-8(2)14(16)18-13-6-10-4-11(13)5-12(10)7-17-9(3)15;1-7(2)14(16)17-13-4-8-3-12(13)11-6-9(15)5-10(8)11;1-7(2)14(16)17-12-4-3-9-10-5-8(13(9)12)6-11(10)15;1-7(2)13(15)17-12-6-9-4-10(12)5-11(9)16-8(3)14;1-7(2)12(14)15-11-5-8-3-9(11)4-10(8)6-13/h10-17H,1,4-7H2,2-3H3;10-15H,1,4-7H2,2-3H3;8-15,17H,1,3-6H2,2H3;10-13H,1,4-7H2,2-3H3;2*8-13,15H,1,3-6H2,2H3;9-12H,1,4-6H2,2-3H3;8-11,13H,1,3-6H2,2H3. The highest BCUT2D eigenvalue weighted by Gasteiger charge is 2.69. The molecule has 0 aromatic heterocycles. The van der Waals surface area contributed by atoms with E-state index < -0.39 is 0 Å². The lowest BCUT2D eigenvalue weighted by molar-refractivity contribution is -0.156. The van der Waals surface area contributed by atoms with E-state index in [0.717, 1.165) is 166 Å². The molecule has 145 heavy (non-hydrogen) atoms. The van der Waals surface area contributed by atoms with E-state index in [2.05, 4.69) is 52.6 Å². The molecule has 46 atom stereocenters. The lowest BCUT2D eigenvalue weighted by atomic mass is 9.69. The molecule has 0 saturated heterocycles. The predicted molar refractivity (Wildman–Crippen MR) is 532 cm³/mol. The molecule has 23 saturated carbocycles. The number of hydrogen-bond acceptors (Lipinski definition) is 28. The summed E-state index contributed by atoms with van der Waals surface area (Å²) in [5, 5.41) is 38.8. The van der Waals surface area contributed by atoms with Gasteiger partial charge in [0.25, 0.3) is 0 Å². The second-order valence-corrected chi connectivity index (χ2v) is 49.3. The molecule has 23 fully saturated rings. The Morgan fingerprint density at radius 2 is 0.490 bits per heavy atom. The topological polar surface area (TPSA) is 397 Å². The molecule has 28 heteroatoms. The summed E-state index contributed by atoms with van der Waals surface area (Å²) < 4.78 is 65.4. The number of aliphatic hydroxyl groups is 4. The van der Waals surface area contributed by atoms with Gasteiger partial charge in [-0.25, -0.2) is 38.4 Å². The van der Waals surface area contributed by atoms with E-state index in [0.29, 0.717) is 229 Å². The van der Waals surface area contributed by atoms with Crippen molar-refractivity contribution < 1.29 is 135 Å². The van der Waals surface area contributed by atoms with Crippen LogP contribution in [-0.4, -0.2) is 191 Å². The molecule has 46 unspecified atom stereocenters. The van der Waals surface area contributed by atoms with Crippen LogP contribution in [0.25, 0.3) is 0 Å². The Balaban J connectivity index is 0.000000119. The van der Waals surface area contributed by atoms with Crippen LogP contribution in [0.5, 0.6) is 0 Å². The molecular formula is C117H164O28. The summed E-state index contributed by atoms with van der Waals surface area (Å²) >= 11 is 0. The van der Waals surface area contributed by atoms with Crippen molar-refractivity contribution in [2.75, 3.05) is 13.2 Å². The first-order valence-corrected chi connectivity index (χ1v) is 54.9. The van der Waals surface area contributed by atoms with Crippen molar-refractivity contribution >= 4 is 71.6 Å². The first-order valence-electron chi connectivity index (χ1n) is 54.9. The predicted octanol–water partition coefficient (Wildman–Crippen LogP) is 16.6. The van der Waals surface area contributed by atoms with Crippen molar-refractivity contribution in [3.8, 4) is 0 Å². The third-order valence-electron chi connectivity index (χ3n) is 39.7. The van der Waals surface area contributed by atoms with Crippen molar-refractivity contribution in [1.82, 2.24) is 0 Å². The fourth-order valence-corrected chi connectivity index (χ4v) is 34.5. The van der Waals surface area contributed by atoms with Crippen LogP contribution in [-0.2, 0) is 114 Å². The number of hydrogen-bond donors (Lipinski definition) is 4. The third-order valence-corrected chi connectivity index (χ3v) is 39.7. The molecule has 0 amide bonds. The Morgan fingerprint density at radius 3 is 0.876 bits per heavy atom. The lowest BCUT2D eigenvalue weighted by Crippen LogP contribution is -2.42. The van der Waals surface area contributed by atoms with E-state index in [1.165, 1.54) is 59.8 Å². The van der Waals surface area contributed by atoms with Crippen LogP contribution in [0.2, 0.25) is 0 Å². The van der Waals surface area contributed by atoms with Crippen molar-refractivity contribution in [3.63, 3.8) is 0 Å². The molecule has 23 aliphatic carbocycles. The summed E-state index contributed by atoms with van der Waals surface area (Å²) in [6.45, 7) is 49.1. The summed E-state index contributed by atoms with van der Waals surface area (Å²) in [7, 11) is 0. The first kappa shape index (κ1) is 109. The maximum absolute atomic E-state index is 11.8. The van der Waals surface area contributed by atoms with Gasteiger partial charge in [0.2, 0.25) is 0 Å². The van der Waals surface area contributed by atoms with Crippen molar-refractivity contribution in [3.05, 3.63) is 97.2 Å². The highest BCUT2D eigenvalue weighted by atomic mass is 16.6. The zero-order valence-electron chi connectivity index (χ0n) is 87.7. The molecule has 0 aliphatic heterocycles. The zero-order chi connectivity index (χ0) is 105. The fourth-order valence-electron chi connectivity index (χ4n) is 34.5. The van der Waals surface area contributed by atoms with Crippen LogP contribution in [0.15, 0.2) is 97.2 Å². The van der Waals surface area contributed by atoms with E-state index >= 15 is 0 Å². The average Bonchev–Trinajstić information content (AvgIpc) is 1.53. The van der Waals surface area contributed by atoms with Gasteiger partial charge in [-0.3, -0.25) is 19.2 Å². The van der Waals surface area contributed by atoms with Crippen LogP contribution in [0.1, 0.15) is 269 Å². The number of esters is 12. The Labute approximate surface area is 856 Å². The van der Waals surface area contributed by atoms with Gasteiger partial charge in [0, 0.05) is 84.8 Å². The highest BCUT2D eigenvalue weighted by Crippen LogP contribution is 2.71. The number of carbonyl (C=O) groups is 12. The molecular weight excluding hydrogens is 1850 g/mol. The zero-order valence-corrected chi connectivity index (χ0v) is 87.7. The van der Waals surface area contributed by atoms with E-state index in [-0.39, 0.29) is 164 Å². The molecule has 0 radical (unpaired) electrons. The van der Waals surface area contributed by atoms with Gasteiger partial charge < -0.3 is 77.3 Å². The summed E-state index contributed by atoms with van der Waals surface area (Å²) in [6.07, 6.45) is 30.1. The number of ether oxygens (including phenoxy) is 12. The van der Waals surface area contributed by atoms with Crippen molar-refractivity contribution in [2.24, 2.45) is 189 Å². The Morgan fingerprint density at radius 1 is 0.214 bits per heavy atom. The van der Waals surface area contributed by atoms with Gasteiger partial charge in [-0.05, 0) is 425 Å². The Hall–Kier alpha value is -8.60. The molecule has 0 aromatic rings. The number of rotatable bonds is 22. The smallest absolute Gasteiger partial charge is 0.333 e. The molecule has 0 aromatic carbocycles. The molecule has 20 bridgehead atoms. The van der Waals surface area contributed by atoms with Crippen LogP contribution in [0, 0.1) is 189 Å². The SMILES string of the molecule is C=C(C)C(=O)OC1CC2CC1C1C3CC(O)C(C3)C21.C=C(C)C(=O)OC1CC2CC1C1C3CC(OC(C)=O)C(C3)C21.C=C(C)C(=O)OC1CC2CC1C1CC(O)CC21.C=C(C)C(=O)OC1CC2CC1C1CC(OC(C)=O)CC21.C=C(C)C(=O)OC1CC2CC1CC2CO.C=C(C)C(=O)OC1CC2CC1CC2COC(C)=O.C=C(C)C(=O)OC1CC2CC1CC2OC(C)=O.C=C(C)C(=O)OC1CCC2C3CC(CC3O)C12. The minimum absolute atomic E-state index is 0.0176. The minimum Gasteiger partial charge on any atom is -0.466 e. The van der Waals surface area contributed by atoms with Crippen molar-refractivity contribution in [2.45, 2.75) is 355 Å².